The Balaban J connectivity index is 2.05. The topological polar surface area (TPSA) is 59.7 Å². The minimum atomic E-state index is -4.39. The van der Waals surface area contributed by atoms with Gasteiger partial charge in [-0.3, -0.25) is 4.79 Å². The fraction of sp³-hybridized carbons (Fsp3) is 0.214. The van der Waals surface area contributed by atoms with Crippen LogP contribution in [-0.2, 0) is 19.4 Å². The van der Waals surface area contributed by atoms with E-state index in [-0.39, 0.29) is 18.1 Å². The summed E-state index contributed by atoms with van der Waals surface area (Å²) in [5.74, 6) is 0.0222. The number of aliphatic hydroxyl groups excluding tert-OH is 1. The molecule has 0 amide bonds. The first-order valence-electron chi connectivity index (χ1n) is 5.91. The van der Waals surface area contributed by atoms with Gasteiger partial charge in [-0.2, -0.15) is 13.2 Å². The standard InChI is InChI=1S/C14H11F3O4/c15-14(16,17)10-3-1-9(2-4-10)7-21-13-8-20-11(6-18)5-12(13)19/h1-5,8,18H,6-7H2. The van der Waals surface area contributed by atoms with Gasteiger partial charge in [0.15, 0.2) is 0 Å². The maximum Gasteiger partial charge on any atom is 0.416 e. The van der Waals surface area contributed by atoms with Crippen molar-refractivity contribution in [2.45, 2.75) is 19.4 Å². The third kappa shape index (κ3) is 3.85. The Morgan fingerprint density at radius 1 is 1.19 bits per heavy atom. The van der Waals surface area contributed by atoms with Crippen LogP contribution >= 0.6 is 0 Å². The lowest BCUT2D eigenvalue weighted by molar-refractivity contribution is -0.137. The summed E-state index contributed by atoms with van der Waals surface area (Å²) in [7, 11) is 0. The number of rotatable bonds is 4. The first kappa shape index (κ1) is 15.1. The largest absolute Gasteiger partial charge is 0.482 e. The van der Waals surface area contributed by atoms with Crippen molar-refractivity contribution in [2.24, 2.45) is 0 Å². The molecule has 0 aliphatic heterocycles. The van der Waals surface area contributed by atoms with Gasteiger partial charge in [-0.1, -0.05) is 12.1 Å². The quantitative estimate of drug-likeness (QED) is 0.943. The summed E-state index contributed by atoms with van der Waals surface area (Å²) < 4.78 is 47.3. The van der Waals surface area contributed by atoms with Gasteiger partial charge in [0.05, 0.1) is 5.56 Å². The Labute approximate surface area is 117 Å². The molecule has 0 spiro atoms. The maximum absolute atomic E-state index is 12.4. The van der Waals surface area contributed by atoms with Gasteiger partial charge in [0.2, 0.25) is 11.2 Å². The zero-order valence-corrected chi connectivity index (χ0v) is 10.7. The summed E-state index contributed by atoms with van der Waals surface area (Å²) >= 11 is 0. The Hall–Kier alpha value is -2.28. The number of hydrogen-bond acceptors (Lipinski definition) is 4. The fourth-order valence-electron chi connectivity index (χ4n) is 1.58. The molecule has 0 atom stereocenters. The SMILES string of the molecule is O=c1cc(CO)occ1OCc1ccc(C(F)(F)F)cc1. The molecule has 0 unspecified atom stereocenters. The average Bonchev–Trinajstić information content (AvgIpc) is 2.45. The highest BCUT2D eigenvalue weighted by atomic mass is 19.4. The molecule has 1 N–H and O–H groups in total. The average molecular weight is 300 g/mol. The van der Waals surface area contributed by atoms with Crippen LogP contribution in [0.3, 0.4) is 0 Å². The van der Waals surface area contributed by atoms with Crippen LogP contribution < -0.4 is 10.2 Å². The van der Waals surface area contributed by atoms with E-state index in [1.807, 2.05) is 0 Å². The molecule has 0 bridgehead atoms. The smallest absolute Gasteiger partial charge is 0.416 e. The highest BCUT2D eigenvalue weighted by Gasteiger charge is 2.29. The van der Waals surface area contributed by atoms with Gasteiger partial charge < -0.3 is 14.3 Å². The first-order valence-corrected chi connectivity index (χ1v) is 5.91. The van der Waals surface area contributed by atoms with Crippen molar-refractivity contribution in [1.29, 1.82) is 0 Å². The van der Waals surface area contributed by atoms with Crippen LogP contribution in [0.15, 0.2) is 45.8 Å². The molecule has 0 fully saturated rings. The van der Waals surface area contributed by atoms with Crippen molar-refractivity contribution >= 4 is 0 Å². The third-order valence-electron chi connectivity index (χ3n) is 2.68. The molecule has 21 heavy (non-hydrogen) atoms. The van der Waals surface area contributed by atoms with Crippen LogP contribution in [0, 0.1) is 0 Å². The summed E-state index contributed by atoms with van der Waals surface area (Å²) in [6.45, 7) is -0.476. The second-order valence-corrected chi connectivity index (χ2v) is 4.22. The van der Waals surface area contributed by atoms with Crippen LogP contribution in [-0.4, -0.2) is 5.11 Å². The van der Waals surface area contributed by atoms with Gasteiger partial charge in [-0.15, -0.1) is 0 Å². The zero-order valence-electron chi connectivity index (χ0n) is 10.7. The summed E-state index contributed by atoms with van der Waals surface area (Å²) in [4.78, 5) is 11.6. The molecule has 1 aromatic heterocycles. The Morgan fingerprint density at radius 3 is 2.38 bits per heavy atom. The normalized spacial score (nSPS) is 11.4. The summed E-state index contributed by atoms with van der Waals surface area (Å²) in [5.41, 5.74) is -0.746. The van der Waals surface area contributed by atoms with Crippen molar-refractivity contribution in [3.63, 3.8) is 0 Å². The number of halogens is 3. The van der Waals surface area contributed by atoms with E-state index < -0.39 is 23.8 Å². The predicted octanol–water partition coefficient (Wildman–Crippen LogP) is 2.73. The van der Waals surface area contributed by atoms with E-state index in [9.17, 15) is 18.0 Å². The molecule has 2 rings (SSSR count). The molecular weight excluding hydrogens is 289 g/mol. The van der Waals surface area contributed by atoms with Crippen LogP contribution in [0.2, 0.25) is 0 Å². The molecular formula is C14H11F3O4. The summed E-state index contributed by atoms with van der Waals surface area (Å²) in [5, 5.41) is 8.79. The van der Waals surface area contributed by atoms with E-state index in [2.05, 4.69) is 0 Å². The van der Waals surface area contributed by atoms with Crippen molar-refractivity contribution in [3.05, 3.63) is 63.7 Å². The van der Waals surface area contributed by atoms with Crippen molar-refractivity contribution < 1.29 is 27.4 Å². The Kier molecular flexibility index (Phi) is 4.32. The number of alkyl halides is 3. The van der Waals surface area contributed by atoms with Crippen molar-refractivity contribution in [1.82, 2.24) is 0 Å². The lowest BCUT2D eigenvalue weighted by atomic mass is 10.1. The molecule has 112 valence electrons. The molecule has 0 saturated heterocycles. The second-order valence-electron chi connectivity index (χ2n) is 4.22. The van der Waals surface area contributed by atoms with Crippen molar-refractivity contribution in [3.8, 4) is 5.75 Å². The predicted molar refractivity (Wildman–Crippen MR) is 66.7 cm³/mol. The lowest BCUT2D eigenvalue weighted by Crippen LogP contribution is -2.08. The Morgan fingerprint density at radius 2 is 1.86 bits per heavy atom. The van der Waals surface area contributed by atoms with Gasteiger partial charge in [0, 0.05) is 6.07 Å². The number of hydrogen-bond donors (Lipinski definition) is 1. The number of benzene rings is 1. The van der Waals surface area contributed by atoms with Crippen LogP contribution in [0.1, 0.15) is 16.9 Å². The third-order valence-corrected chi connectivity index (χ3v) is 2.68. The van der Waals surface area contributed by atoms with Crippen LogP contribution in [0.5, 0.6) is 5.75 Å². The van der Waals surface area contributed by atoms with E-state index in [1.54, 1.807) is 0 Å². The molecule has 0 aliphatic rings. The van der Waals surface area contributed by atoms with E-state index in [4.69, 9.17) is 14.3 Å². The zero-order chi connectivity index (χ0) is 15.5. The van der Waals surface area contributed by atoms with Gasteiger partial charge in [-0.25, -0.2) is 0 Å². The summed E-state index contributed by atoms with van der Waals surface area (Å²) in [6.07, 6.45) is -3.33. The molecule has 0 aliphatic carbocycles. The summed E-state index contributed by atoms with van der Waals surface area (Å²) in [6, 6.07) is 5.51. The molecule has 0 saturated carbocycles. The van der Waals surface area contributed by atoms with E-state index in [0.29, 0.717) is 5.56 Å². The first-order chi connectivity index (χ1) is 9.90. The molecule has 4 nitrogen and oxygen atoms in total. The second kappa shape index (κ2) is 6.01. The van der Waals surface area contributed by atoms with Gasteiger partial charge in [-0.05, 0) is 17.7 Å². The van der Waals surface area contributed by atoms with Gasteiger partial charge in [0.1, 0.15) is 25.2 Å². The monoisotopic (exact) mass is 300 g/mol. The number of ether oxygens (including phenoxy) is 1. The number of aliphatic hydroxyl groups is 1. The molecule has 1 aromatic carbocycles. The van der Waals surface area contributed by atoms with Gasteiger partial charge in [0.25, 0.3) is 0 Å². The van der Waals surface area contributed by atoms with E-state index in [0.717, 1.165) is 24.5 Å². The minimum Gasteiger partial charge on any atom is -0.482 e. The molecule has 2 aromatic rings. The molecule has 0 radical (unpaired) electrons. The minimum absolute atomic E-state index is 0.0681. The lowest BCUT2D eigenvalue weighted by Gasteiger charge is -2.08. The highest BCUT2D eigenvalue weighted by Crippen LogP contribution is 2.29. The molecule has 1 heterocycles. The van der Waals surface area contributed by atoms with E-state index in [1.165, 1.54) is 12.1 Å². The van der Waals surface area contributed by atoms with E-state index >= 15 is 0 Å². The Bertz CT molecular complexity index is 659. The highest BCUT2D eigenvalue weighted by molar-refractivity contribution is 5.25. The van der Waals surface area contributed by atoms with Crippen molar-refractivity contribution in [2.75, 3.05) is 0 Å². The van der Waals surface area contributed by atoms with Crippen LogP contribution in [0.4, 0.5) is 13.2 Å². The van der Waals surface area contributed by atoms with Crippen LogP contribution in [0.25, 0.3) is 0 Å². The molecule has 7 heteroatoms. The maximum atomic E-state index is 12.4. The fourth-order valence-corrected chi connectivity index (χ4v) is 1.58. The van der Waals surface area contributed by atoms with Gasteiger partial charge >= 0.3 is 6.18 Å².